The van der Waals surface area contributed by atoms with Crippen molar-refractivity contribution in [2.75, 3.05) is 11.9 Å². The molecule has 14 heavy (non-hydrogen) atoms. The van der Waals surface area contributed by atoms with Gasteiger partial charge in [0.05, 0.1) is 0 Å². The Morgan fingerprint density at radius 3 is 2.43 bits per heavy atom. The summed E-state index contributed by atoms with van der Waals surface area (Å²) >= 11 is 4.60. The molecule has 1 aromatic rings. The number of rotatable bonds is 2. The molecule has 0 aliphatic carbocycles. The van der Waals surface area contributed by atoms with Crippen molar-refractivity contribution in [3.63, 3.8) is 0 Å². The maximum absolute atomic E-state index is 12.4. The van der Waals surface area contributed by atoms with Crippen molar-refractivity contribution >= 4 is 23.2 Å². The lowest BCUT2D eigenvalue weighted by Gasteiger charge is -2.19. The first kappa shape index (κ1) is 10.9. The Labute approximate surface area is 85.1 Å². The Balaban J connectivity index is 2.87. The van der Waals surface area contributed by atoms with Gasteiger partial charge in [0.25, 0.3) is 0 Å². The van der Waals surface area contributed by atoms with E-state index in [9.17, 15) is 13.6 Å². The summed E-state index contributed by atoms with van der Waals surface area (Å²) in [5.74, 6) is -1.45. The average Bonchev–Trinajstić information content (AvgIpc) is 2.15. The summed E-state index contributed by atoms with van der Waals surface area (Å²) in [6.45, 7) is 0. The maximum atomic E-state index is 12.4. The van der Waals surface area contributed by atoms with Gasteiger partial charge in [-0.1, -0.05) is 12.1 Å². The minimum absolute atomic E-state index is 0.342. The van der Waals surface area contributed by atoms with Gasteiger partial charge in [0.1, 0.15) is 0 Å². The van der Waals surface area contributed by atoms with Crippen molar-refractivity contribution in [1.29, 1.82) is 0 Å². The van der Waals surface area contributed by atoms with Crippen LogP contribution in [0.2, 0.25) is 0 Å². The van der Waals surface area contributed by atoms with Crippen molar-refractivity contribution < 1.29 is 13.6 Å². The van der Waals surface area contributed by atoms with Crippen LogP contribution in [0, 0.1) is 6.07 Å². The third kappa shape index (κ3) is 2.42. The van der Waals surface area contributed by atoms with Gasteiger partial charge in [0.2, 0.25) is 0 Å². The van der Waals surface area contributed by atoms with Gasteiger partial charge in [0.15, 0.2) is 0 Å². The van der Waals surface area contributed by atoms with E-state index in [1.807, 2.05) is 0 Å². The van der Waals surface area contributed by atoms with Gasteiger partial charge in [-0.25, -0.2) is 0 Å². The van der Waals surface area contributed by atoms with Crippen LogP contribution in [0.4, 0.5) is 14.5 Å². The van der Waals surface area contributed by atoms with Crippen LogP contribution in [0.3, 0.4) is 0 Å². The molecular weight excluding hydrogens is 212 g/mol. The molecule has 1 rings (SSSR count). The molecule has 0 N–H and O–H groups in total. The van der Waals surface area contributed by atoms with Crippen LogP contribution >= 0.6 is 11.6 Å². The van der Waals surface area contributed by atoms with Gasteiger partial charge in [-0.05, 0) is 29.8 Å². The van der Waals surface area contributed by atoms with Crippen LogP contribution in [0.25, 0.3) is 0 Å². The second-order valence-corrected chi connectivity index (χ2v) is 3.09. The number of anilines is 1. The zero-order valence-electron chi connectivity index (χ0n) is 7.30. The predicted molar refractivity (Wildman–Crippen MR) is 49.5 cm³/mol. The maximum Gasteiger partial charge on any atom is 0.400 e. The number of hydrogen-bond donors (Lipinski definition) is 0. The molecule has 0 aliphatic heterocycles. The Kier molecular flexibility index (Phi) is 3.06. The zero-order valence-corrected chi connectivity index (χ0v) is 8.05. The average molecular weight is 219 g/mol. The van der Waals surface area contributed by atoms with Crippen LogP contribution < -0.4 is 4.90 Å². The minimum atomic E-state index is -3.87. The first-order valence-corrected chi connectivity index (χ1v) is 4.11. The second-order valence-electron chi connectivity index (χ2n) is 2.62. The molecule has 1 aromatic carbocycles. The molecule has 0 spiro atoms. The van der Waals surface area contributed by atoms with E-state index >= 15 is 0 Å². The lowest BCUT2D eigenvalue weighted by Crippen LogP contribution is -2.37. The second kappa shape index (κ2) is 3.92. The van der Waals surface area contributed by atoms with Gasteiger partial charge < -0.3 is 4.90 Å². The first-order chi connectivity index (χ1) is 6.43. The fraction of sp³-hybridized carbons (Fsp3) is 0.222. The molecule has 0 heterocycles. The highest BCUT2D eigenvalue weighted by atomic mass is 35.5. The fourth-order valence-corrected chi connectivity index (χ4v) is 1.04. The van der Waals surface area contributed by atoms with Crippen LogP contribution in [0.5, 0.6) is 0 Å². The molecule has 2 nitrogen and oxygen atoms in total. The highest BCUT2D eigenvalue weighted by Gasteiger charge is 2.38. The van der Waals surface area contributed by atoms with Gasteiger partial charge in [-0.15, -0.1) is 0 Å². The van der Waals surface area contributed by atoms with E-state index in [1.54, 1.807) is 0 Å². The molecule has 0 bridgehead atoms. The summed E-state index contributed by atoms with van der Waals surface area (Å²) in [6, 6.07) is 8.72. The van der Waals surface area contributed by atoms with E-state index in [4.69, 9.17) is 0 Å². The van der Waals surface area contributed by atoms with Crippen molar-refractivity contribution in [3.8, 4) is 0 Å². The van der Waals surface area contributed by atoms with E-state index in [2.05, 4.69) is 17.7 Å². The third-order valence-corrected chi connectivity index (χ3v) is 1.80. The van der Waals surface area contributed by atoms with Crippen LogP contribution in [0.1, 0.15) is 0 Å². The van der Waals surface area contributed by atoms with Crippen molar-refractivity contribution in [3.05, 3.63) is 30.3 Å². The lowest BCUT2D eigenvalue weighted by atomic mass is 10.3. The molecule has 0 atom stereocenters. The van der Waals surface area contributed by atoms with Crippen molar-refractivity contribution in [2.24, 2.45) is 0 Å². The molecular formula is C9H7ClF2NO. The molecule has 0 aliphatic rings. The quantitative estimate of drug-likeness (QED) is 0.698. The Bertz CT molecular complexity index is 323. The summed E-state index contributed by atoms with van der Waals surface area (Å²) in [5.41, 5.74) is 0.342. The fourth-order valence-electron chi connectivity index (χ4n) is 0.909. The largest absolute Gasteiger partial charge is 0.400 e. The molecule has 0 saturated heterocycles. The number of carbonyl (C=O) groups is 1. The molecule has 0 saturated carbocycles. The number of alkyl halides is 3. The van der Waals surface area contributed by atoms with E-state index in [0.29, 0.717) is 5.69 Å². The van der Waals surface area contributed by atoms with Gasteiger partial charge in [0, 0.05) is 12.7 Å². The summed E-state index contributed by atoms with van der Waals surface area (Å²) < 4.78 is 24.8. The Hall–Kier alpha value is -1.16. The number of benzene rings is 1. The number of halogens is 3. The summed E-state index contributed by atoms with van der Waals surface area (Å²) in [7, 11) is 1.23. The van der Waals surface area contributed by atoms with Crippen LogP contribution in [-0.4, -0.2) is 18.3 Å². The molecule has 5 heteroatoms. The van der Waals surface area contributed by atoms with Crippen LogP contribution in [0.15, 0.2) is 24.3 Å². The third-order valence-electron chi connectivity index (χ3n) is 1.64. The number of amides is 1. The number of hydrogen-bond acceptors (Lipinski definition) is 1. The first-order valence-electron chi connectivity index (χ1n) is 3.74. The summed E-state index contributed by atoms with van der Waals surface area (Å²) in [6.07, 6.45) is 0. The molecule has 0 aromatic heterocycles. The lowest BCUT2D eigenvalue weighted by molar-refractivity contribution is -0.132. The van der Waals surface area contributed by atoms with E-state index in [1.165, 1.54) is 31.3 Å². The summed E-state index contributed by atoms with van der Waals surface area (Å²) in [5, 5.41) is -3.87. The predicted octanol–water partition coefficient (Wildman–Crippen LogP) is 2.28. The SMILES string of the molecule is CN(C(=O)C(F)(F)Cl)c1cc[c]cc1. The van der Waals surface area contributed by atoms with Gasteiger partial charge in [-0.3, -0.25) is 4.79 Å². The molecule has 0 unspecified atom stereocenters. The summed E-state index contributed by atoms with van der Waals surface area (Å²) in [4.78, 5) is 11.8. The highest BCUT2D eigenvalue weighted by Crippen LogP contribution is 2.24. The van der Waals surface area contributed by atoms with E-state index in [-0.39, 0.29) is 0 Å². The molecule has 75 valence electrons. The minimum Gasteiger partial charge on any atom is -0.309 e. The van der Waals surface area contributed by atoms with E-state index in [0.717, 1.165) is 4.90 Å². The Morgan fingerprint density at radius 1 is 1.50 bits per heavy atom. The van der Waals surface area contributed by atoms with Gasteiger partial charge in [-0.2, -0.15) is 8.78 Å². The highest BCUT2D eigenvalue weighted by molar-refractivity contribution is 6.34. The van der Waals surface area contributed by atoms with Crippen LogP contribution in [-0.2, 0) is 4.79 Å². The molecule has 1 amide bonds. The standard InChI is InChI=1S/C9H7ClF2NO/c1-13(8(14)9(10,11)12)7-5-3-2-4-6-7/h3-6H,1H3. The number of nitrogens with zero attached hydrogens (tertiary/aromatic N) is 1. The normalized spacial score (nSPS) is 11.1. The molecule has 0 fully saturated rings. The Morgan fingerprint density at radius 2 is 2.00 bits per heavy atom. The monoisotopic (exact) mass is 218 g/mol. The van der Waals surface area contributed by atoms with Crippen molar-refractivity contribution in [2.45, 2.75) is 5.38 Å². The molecule has 1 radical (unpaired) electrons. The van der Waals surface area contributed by atoms with E-state index < -0.39 is 11.3 Å². The van der Waals surface area contributed by atoms with Crippen molar-refractivity contribution in [1.82, 2.24) is 0 Å². The van der Waals surface area contributed by atoms with Gasteiger partial charge >= 0.3 is 11.3 Å². The topological polar surface area (TPSA) is 20.3 Å². The smallest absolute Gasteiger partial charge is 0.309 e. The zero-order chi connectivity index (χ0) is 10.8. The number of carbonyl (C=O) groups excluding carboxylic acids is 1.